The highest BCUT2D eigenvalue weighted by atomic mass is 16.5. The summed E-state index contributed by atoms with van der Waals surface area (Å²) in [6.07, 6.45) is 1.77. The van der Waals surface area contributed by atoms with Gasteiger partial charge in [-0.1, -0.05) is 25.1 Å². The fourth-order valence-corrected chi connectivity index (χ4v) is 1.77. The Labute approximate surface area is 119 Å². The molecule has 0 saturated heterocycles. The van der Waals surface area contributed by atoms with Crippen LogP contribution in [-0.2, 0) is 17.9 Å². The van der Waals surface area contributed by atoms with Gasteiger partial charge < -0.3 is 19.2 Å². The van der Waals surface area contributed by atoms with Crippen LogP contribution in [0.15, 0.2) is 47.1 Å². The van der Waals surface area contributed by atoms with Crippen molar-refractivity contribution in [3.63, 3.8) is 0 Å². The number of hydrogen-bond donors (Lipinski definition) is 1. The molecule has 4 heteroatoms. The molecule has 0 fully saturated rings. The van der Waals surface area contributed by atoms with Crippen molar-refractivity contribution in [2.24, 2.45) is 0 Å². The maximum Gasteiger partial charge on any atom is 0.129 e. The topological polar surface area (TPSA) is 43.6 Å². The summed E-state index contributed by atoms with van der Waals surface area (Å²) in [5, 5.41) is 3.25. The minimum Gasteiger partial charge on any atom is -0.491 e. The number of hydrogen-bond acceptors (Lipinski definition) is 4. The van der Waals surface area contributed by atoms with E-state index in [0.29, 0.717) is 19.8 Å². The summed E-state index contributed by atoms with van der Waals surface area (Å²) in [7, 11) is 0. The van der Waals surface area contributed by atoms with Gasteiger partial charge in [0.15, 0.2) is 0 Å². The van der Waals surface area contributed by atoms with Gasteiger partial charge in [0, 0.05) is 12.1 Å². The number of para-hydroxylation sites is 1. The standard InChI is InChI=1S/C16H21NO3/c1-2-17-11-14-10-16(20-12-14)13-18-8-9-19-15-6-4-3-5-7-15/h3-7,10,12,17H,2,8-9,11,13H2,1H3. The van der Waals surface area contributed by atoms with Gasteiger partial charge in [-0.05, 0) is 24.7 Å². The van der Waals surface area contributed by atoms with E-state index in [0.717, 1.165) is 30.2 Å². The Kier molecular flexibility index (Phi) is 6.14. The van der Waals surface area contributed by atoms with E-state index in [-0.39, 0.29) is 0 Å². The highest BCUT2D eigenvalue weighted by Crippen LogP contribution is 2.10. The number of furan rings is 1. The second kappa shape index (κ2) is 8.40. The number of nitrogens with one attached hydrogen (secondary N) is 1. The first-order valence-corrected chi connectivity index (χ1v) is 6.91. The molecule has 0 aliphatic heterocycles. The summed E-state index contributed by atoms with van der Waals surface area (Å²) >= 11 is 0. The van der Waals surface area contributed by atoms with Crippen LogP contribution in [0.5, 0.6) is 5.75 Å². The summed E-state index contributed by atoms with van der Waals surface area (Å²) in [4.78, 5) is 0. The third kappa shape index (κ3) is 5.07. The molecule has 4 nitrogen and oxygen atoms in total. The van der Waals surface area contributed by atoms with E-state index in [9.17, 15) is 0 Å². The second-order valence-electron chi connectivity index (χ2n) is 4.42. The van der Waals surface area contributed by atoms with Gasteiger partial charge in [-0.25, -0.2) is 0 Å². The van der Waals surface area contributed by atoms with Gasteiger partial charge in [0.25, 0.3) is 0 Å². The molecule has 0 amide bonds. The summed E-state index contributed by atoms with van der Waals surface area (Å²) < 4.78 is 16.5. The zero-order valence-electron chi connectivity index (χ0n) is 11.8. The van der Waals surface area contributed by atoms with Gasteiger partial charge in [-0.3, -0.25) is 0 Å². The third-order valence-electron chi connectivity index (χ3n) is 2.77. The molecule has 108 valence electrons. The van der Waals surface area contributed by atoms with Crippen molar-refractivity contribution in [1.82, 2.24) is 5.32 Å². The van der Waals surface area contributed by atoms with Crippen LogP contribution >= 0.6 is 0 Å². The molecule has 0 aliphatic carbocycles. The van der Waals surface area contributed by atoms with E-state index in [1.165, 1.54) is 0 Å². The van der Waals surface area contributed by atoms with E-state index in [1.54, 1.807) is 6.26 Å². The van der Waals surface area contributed by atoms with Gasteiger partial charge in [0.1, 0.15) is 24.7 Å². The van der Waals surface area contributed by atoms with E-state index in [1.807, 2.05) is 36.4 Å². The van der Waals surface area contributed by atoms with Crippen molar-refractivity contribution in [2.45, 2.75) is 20.1 Å². The normalized spacial score (nSPS) is 10.7. The highest BCUT2D eigenvalue weighted by Gasteiger charge is 2.01. The lowest BCUT2D eigenvalue weighted by Crippen LogP contribution is -2.10. The van der Waals surface area contributed by atoms with Crippen LogP contribution in [0.4, 0.5) is 0 Å². The van der Waals surface area contributed by atoms with Crippen LogP contribution in [0.25, 0.3) is 0 Å². The van der Waals surface area contributed by atoms with Gasteiger partial charge >= 0.3 is 0 Å². The summed E-state index contributed by atoms with van der Waals surface area (Å²) in [5.74, 6) is 1.71. The molecule has 1 heterocycles. The van der Waals surface area contributed by atoms with Crippen LogP contribution in [-0.4, -0.2) is 19.8 Å². The largest absolute Gasteiger partial charge is 0.491 e. The predicted molar refractivity (Wildman–Crippen MR) is 77.7 cm³/mol. The first kappa shape index (κ1) is 14.6. The monoisotopic (exact) mass is 275 g/mol. The highest BCUT2D eigenvalue weighted by molar-refractivity contribution is 5.20. The molecule has 2 rings (SSSR count). The summed E-state index contributed by atoms with van der Waals surface area (Å²) in [5.41, 5.74) is 1.14. The van der Waals surface area contributed by atoms with Crippen molar-refractivity contribution in [3.8, 4) is 5.75 Å². The maximum absolute atomic E-state index is 5.54. The minimum atomic E-state index is 0.476. The molecule has 20 heavy (non-hydrogen) atoms. The van der Waals surface area contributed by atoms with Gasteiger partial charge in [0.05, 0.1) is 12.9 Å². The van der Waals surface area contributed by atoms with E-state index in [2.05, 4.69) is 12.2 Å². The van der Waals surface area contributed by atoms with E-state index >= 15 is 0 Å². The SMILES string of the molecule is CCNCc1coc(COCCOc2ccccc2)c1. The molecule has 0 spiro atoms. The van der Waals surface area contributed by atoms with Gasteiger partial charge in [-0.2, -0.15) is 0 Å². The molecular formula is C16H21NO3. The molecule has 0 radical (unpaired) electrons. The molecule has 0 atom stereocenters. The summed E-state index contributed by atoms with van der Waals surface area (Å²) in [6, 6.07) is 11.7. The average Bonchev–Trinajstić information content (AvgIpc) is 2.94. The number of rotatable bonds is 9. The molecule has 0 unspecified atom stereocenters. The fraction of sp³-hybridized carbons (Fsp3) is 0.375. The van der Waals surface area contributed by atoms with Gasteiger partial charge in [-0.15, -0.1) is 0 Å². The summed E-state index contributed by atoms with van der Waals surface area (Å²) in [6.45, 7) is 5.42. The van der Waals surface area contributed by atoms with Crippen molar-refractivity contribution in [1.29, 1.82) is 0 Å². The van der Waals surface area contributed by atoms with Gasteiger partial charge in [0.2, 0.25) is 0 Å². The van der Waals surface area contributed by atoms with Crippen molar-refractivity contribution in [3.05, 3.63) is 54.0 Å². The van der Waals surface area contributed by atoms with Crippen molar-refractivity contribution in [2.75, 3.05) is 19.8 Å². The fourth-order valence-electron chi connectivity index (χ4n) is 1.77. The quantitative estimate of drug-likeness (QED) is 0.714. The Morgan fingerprint density at radius 1 is 1.15 bits per heavy atom. The Bertz CT molecular complexity index is 481. The number of ether oxygens (including phenoxy) is 2. The zero-order chi connectivity index (χ0) is 14.0. The lowest BCUT2D eigenvalue weighted by molar-refractivity contribution is 0.0781. The Morgan fingerprint density at radius 2 is 2.00 bits per heavy atom. The molecule has 1 aromatic carbocycles. The van der Waals surface area contributed by atoms with Crippen molar-refractivity contribution < 1.29 is 13.9 Å². The lowest BCUT2D eigenvalue weighted by Gasteiger charge is -2.05. The Morgan fingerprint density at radius 3 is 2.80 bits per heavy atom. The van der Waals surface area contributed by atoms with E-state index < -0.39 is 0 Å². The maximum atomic E-state index is 5.54. The lowest BCUT2D eigenvalue weighted by atomic mass is 10.3. The zero-order valence-corrected chi connectivity index (χ0v) is 11.8. The van der Waals surface area contributed by atoms with Crippen LogP contribution < -0.4 is 10.1 Å². The smallest absolute Gasteiger partial charge is 0.129 e. The molecular weight excluding hydrogens is 254 g/mol. The van der Waals surface area contributed by atoms with Crippen molar-refractivity contribution >= 4 is 0 Å². The molecule has 0 bridgehead atoms. The molecule has 1 aromatic heterocycles. The molecule has 0 saturated carbocycles. The third-order valence-corrected chi connectivity index (χ3v) is 2.77. The number of benzene rings is 1. The average molecular weight is 275 g/mol. The first-order valence-electron chi connectivity index (χ1n) is 6.91. The van der Waals surface area contributed by atoms with Crippen LogP contribution in [0.1, 0.15) is 18.2 Å². The minimum absolute atomic E-state index is 0.476. The molecule has 1 N–H and O–H groups in total. The molecule has 0 aliphatic rings. The van der Waals surface area contributed by atoms with Crippen LogP contribution in [0.2, 0.25) is 0 Å². The van der Waals surface area contributed by atoms with Crippen LogP contribution in [0, 0.1) is 0 Å². The Hall–Kier alpha value is -1.78. The first-order chi connectivity index (χ1) is 9.88. The predicted octanol–water partition coefficient (Wildman–Crippen LogP) is 2.98. The molecule has 2 aromatic rings. The van der Waals surface area contributed by atoms with Crippen LogP contribution in [0.3, 0.4) is 0 Å². The second-order valence-corrected chi connectivity index (χ2v) is 4.42. The van der Waals surface area contributed by atoms with E-state index in [4.69, 9.17) is 13.9 Å². The Balaban J connectivity index is 1.60.